The number of hydrogen-bond acceptors (Lipinski definition) is 3. The molecule has 29 heavy (non-hydrogen) atoms. The molecule has 4 aromatic carbocycles. The Hall–Kier alpha value is -4.05. The normalized spacial score (nSPS) is 12.3. The lowest BCUT2D eigenvalue weighted by Crippen LogP contribution is -2.33. The smallest absolute Gasteiger partial charge is 0.223 e. The number of hydrogen-bond donors (Lipinski definition) is 1. The summed E-state index contributed by atoms with van der Waals surface area (Å²) in [5, 5.41) is 12.2. The Morgan fingerprint density at radius 3 is 1.76 bits per heavy atom. The second-order valence-corrected chi connectivity index (χ2v) is 7.36. The van der Waals surface area contributed by atoms with E-state index >= 15 is 0 Å². The molecule has 1 aromatic heterocycles. The Morgan fingerprint density at radius 1 is 0.586 bits per heavy atom. The maximum Gasteiger partial charge on any atom is 0.223 e. The molecule has 2 aliphatic heterocycles. The van der Waals surface area contributed by atoms with Gasteiger partial charge in [-0.1, -0.05) is 24.3 Å². The van der Waals surface area contributed by atoms with E-state index in [1.165, 1.54) is 0 Å². The third kappa shape index (κ3) is 1.81. The topological polar surface area (TPSA) is 50.4 Å². The van der Waals surface area contributed by atoms with E-state index in [9.17, 15) is 5.11 Å². The van der Waals surface area contributed by atoms with Gasteiger partial charge in [0.05, 0.1) is 22.4 Å². The Morgan fingerprint density at radius 2 is 1.14 bits per heavy atom. The van der Waals surface area contributed by atoms with Crippen LogP contribution in [0.15, 0.2) is 87.7 Å². The average Bonchev–Trinajstić information content (AvgIpc) is 2.74. The molecule has 4 nitrogen and oxygen atoms in total. The van der Waals surface area contributed by atoms with Crippen molar-refractivity contribution in [1.82, 2.24) is 0 Å². The number of phenolic OH excluding ortho intramolecular Hbond substituents is 1. The SMILES string of the molecule is Oc1cccc(-[n+]2c3cccc4oc5cccc6oc7cccc2c7c(c43)-c56)c1. The molecule has 5 aromatic rings. The van der Waals surface area contributed by atoms with Crippen LogP contribution in [-0.4, -0.2) is 5.11 Å². The first-order valence-electron chi connectivity index (χ1n) is 9.51. The van der Waals surface area contributed by atoms with Gasteiger partial charge in [-0.3, -0.25) is 0 Å². The molecule has 0 spiro atoms. The molecule has 0 amide bonds. The highest BCUT2D eigenvalue weighted by molar-refractivity contribution is 6.22. The van der Waals surface area contributed by atoms with Crippen molar-refractivity contribution >= 4 is 44.1 Å². The standard InChI is InChI=1S/C25H13NO3/c27-15-6-1-5-14(13-15)26-16-7-2-9-18-22(16)25-23-17(26)8-3-10-19(23)29-21-12-4-11-20(28-18)24(21)25/h1-13H/p+1. The Kier molecular flexibility index (Phi) is 2.60. The summed E-state index contributed by atoms with van der Waals surface area (Å²) in [6.07, 6.45) is 0. The monoisotopic (exact) mass is 376 g/mol. The van der Waals surface area contributed by atoms with E-state index in [0.717, 1.165) is 61.0 Å². The van der Waals surface area contributed by atoms with Crippen LogP contribution in [0.2, 0.25) is 0 Å². The van der Waals surface area contributed by atoms with Gasteiger partial charge in [0.25, 0.3) is 0 Å². The Labute approximate surface area is 164 Å². The summed E-state index contributed by atoms with van der Waals surface area (Å²) in [4.78, 5) is 0. The van der Waals surface area contributed by atoms with Gasteiger partial charge >= 0.3 is 0 Å². The van der Waals surface area contributed by atoms with Crippen LogP contribution in [0.25, 0.3) is 61.0 Å². The fourth-order valence-corrected chi connectivity index (χ4v) is 4.66. The lowest BCUT2D eigenvalue weighted by molar-refractivity contribution is -0.537. The molecule has 7 rings (SSSR count). The fourth-order valence-electron chi connectivity index (χ4n) is 4.66. The third-order valence-corrected chi connectivity index (χ3v) is 5.76. The summed E-state index contributed by atoms with van der Waals surface area (Å²) in [5.41, 5.74) is 8.37. The zero-order valence-electron chi connectivity index (χ0n) is 15.2. The van der Waals surface area contributed by atoms with Crippen molar-refractivity contribution in [2.45, 2.75) is 0 Å². The van der Waals surface area contributed by atoms with Gasteiger partial charge in [-0.25, -0.2) is 0 Å². The summed E-state index contributed by atoms with van der Waals surface area (Å²) in [5.74, 6) is 0.229. The van der Waals surface area contributed by atoms with Crippen LogP contribution in [0.5, 0.6) is 5.75 Å². The maximum absolute atomic E-state index is 10.1. The van der Waals surface area contributed by atoms with Crippen molar-refractivity contribution in [3.8, 4) is 22.6 Å². The predicted molar refractivity (Wildman–Crippen MR) is 112 cm³/mol. The summed E-state index contributed by atoms with van der Waals surface area (Å²) in [7, 11) is 0. The number of aromatic hydroxyl groups is 1. The summed E-state index contributed by atoms with van der Waals surface area (Å²) >= 11 is 0. The molecular formula is C25H14NO3+. The number of pyridine rings is 1. The van der Waals surface area contributed by atoms with Crippen molar-refractivity contribution < 1.29 is 18.5 Å². The third-order valence-electron chi connectivity index (χ3n) is 5.76. The first-order chi connectivity index (χ1) is 14.3. The van der Waals surface area contributed by atoms with Gasteiger partial charge in [0.2, 0.25) is 16.7 Å². The van der Waals surface area contributed by atoms with Crippen LogP contribution in [0, 0.1) is 0 Å². The Bertz CT molecular complexity index is 1580. The summed E-state index contributed by atoms with van der Waals surface area (Å²) < 4.78 is 14.7. The van der Waals surface area contributed by atoms with Gasteiger partial charge in [0, 0.05) is 23.8 Å². The second-order valence-electron chi connectivity index (χ2n) is 7.36. The van der Waals surface area contributed by atoms with Gasteiger partial charge in [-0.05, 0) is 30.3 Å². The van der Waals surface area contributed by atoms with E-state index in [1.54, 1.807) is 12.1 Å². The minimum atomic E-state index is 0.229. The van der Waals surface area contributed by atoms with E-state index in [1.807, 2.05) is 54.6 Å². The predicted octanol–water partition coefficient (Wildman–Crippen LogP) is 6.01. The van der Waals surface area contributed by atoms with Crippen LogP contribution < -0.4 is 4.57 Å². The first-order valence-corrected chi connectivity index (χ1v) is 9.51. The quantitative estimate of drug-likeness (QED) is 0.217. The number of nitrogens with zero attached hydrogens (tertiary/aromatic N) is 1. The second kappa shape index (κ2) is 5.06. The zero-order valence-corrected chi connectivity index (χ0v) is 15.2. The van der Waals surface area contributed by atoms with Crippen LogP contribution in [0.3, 0.4) is 0 Å². The van der Waals surface area contributed by atoms with Gasteiger partial charge in [-0.15, -0.1) is 0 Å². The van der Waals surface area contributed by atoms with Crippen molar-refractivity contribution in [2.75, 3.05) is 0 Å². The minimum Gasteiger partial charge on any atom is -0.508 e. The average molecular weight is 376 g/mol. The lowest BCUT2D eigenvalue weighted by Gasteiger charge is -2.18. The molecule has 2 aliphatic rings. The number of aromatic nitrogens is 1. The molecule has 4 heteroatoms. The van der Waals surface area contributed by atoms with Crippen molar-refractivity contribution in [2.24, 2.45) is 0 Å². The van der Waals surface area contributed by atoms with E-state index < -0.39 is 0 Å². The number of phenols is 1. The van der Waals surface area contributed by atoms with Crippen molar-refractivity contribution in [1.29, 1.82) is 0 Å². The molecule has 0 atom stereocenters. The van der Waals surface area contributed by atoms with Crippen LogP contribution in [0.4, 0.5) is 0 Å². The maximum atomic E-state index is 10.1. The summed E-state index contributed by atoms with van der Waals surface area (Å²) in [6, 6.07) is 25.5. The molecule has 0 radical (unpaired) electrons. The minimum absolute atomic E-state index is 0.229. The van der Waals surface area contributed by atoms with Gasteiger partial charge in [-0.2, -0.15) is 4.57 Å². The van der Waals surface area contributed by atoms with E-state index in [4.69, 9.17) is 8.83 Å². The molecule has 1 N–H and O–H groups in total. The van der Waals surface area contributed by atoms with E-state index in [0.29, 0.717) is 0 Å². The molecule has 3 heterocycles. The van der Waals surface area contributed by atoms with E-state index in [2.05, 4.69) is 16.7 Å². The molecular weight excluding hydrogens is 362 g/mol. The number of benzene rings is 4. The fraction of sp³-hybridized carbons (Fsp3) is 0. The molecule has 136 valence electrons. The summed E-state index contributed by atoms with van der Waals surface area (Å²) in [6.45, 7) is 0. The van der Waals surface area contributed by atoms with E-state index in [-0.39, 0.29) is 5.75 Å². The van der Waals surface area contributed by atoms with Gasteiger partial charge < -0.3 is 13.9 Å². The van der Waals surface area contributed by atoms with Crippen molar-refractivity contribution in [3.63, 3.8) is 0 Å². The van der Waals surface area contributed by atoms with Crippen LogP contribution >= 0.6 is 0 Å². The molecule has 0 saturated heterocycles. The largest absolute Gasteiger partial charge is 0.508 e. The molecule has 0 bridgehead atoms. The van der Waals surface area contributed by atoms with Gasteiger partial charge in [0.15, 0.2) is 0 Å². The Balaban J connectivity index is 1.86. The van der Waals surface area contributed by atoms with Crippen molar-refractivity contribution in [3.05, 3.63) is 78.9 Å². The first kappa shape index (κ1) is 14.9. The molecule has 0 fully saturated rings. The lowest BCUT2D eigenvalue weighted by atomic mass is 9.92. The highest BCUT2D eigenvalue weighted by Gasteiger charge is 2.31. The molecule has 0 aliphatic carbocycles. The van der Waals surface area contributed by atoms with Crippen LogP contribution in [-0.2, 0) is 0 Å². The van der Waals surface area contributed by atoms with Gasteiger partial charge in [0.1, 0.15) is 28.1 Å². The highest BCUT2D eigenvalue weighted by atomic mass is 16.3. The molecule has 0 unspecified atom stereocenters. The highest BCUT2D eigenvalue weighted by Crippen LogP contribution is 2.47. The number of rotatable bonds is 1. The molecule has 0 saturated carbocycles. The zero-order chi connectivity index (χ0) is 19.1. The van der Waals surface area contributed by atoms with Crippen LogP contribution in [0.1, 0.15) is 0 Å².